The van der Waals surface area contributed by atoms with Gasteiger partial charge in [-0.05, 0) is 64.2 Å². The second kappa shape index (κ2) is 12.6. The summed E-state index contributed by atoms with van der Waals surface area (Å²) in [5.74, 6) is 0.954. The van der Waals surface area contributed by atoms with E-state index >= 15 is 0 Å². The quantitative estimate of drug-likeness (QED) is 0.176. The number of aromatic nitrogens is 4. The average molecular weight is 559 g/mol. The van der Waals surface area contributed by atoms with Gasteiger partial charge in [0.15, 0.2) is 0 Å². The summed E-state index contributed by atoms with van der Waals surface area (Å²) in [4.78, 5) is 14.8. The lowest BCUT2D eigenvalue weighted by atomic mass is 10.1. The summed E-state index contributed by atoms with van der Waals surface area (Å²) < 4.78 is 48.1. The molecule has 0 aromatic carbocycles. The topological polar surface area (TPSA) is 76.7 Å². The third kappa shape index (κ3) is 7.05. The van der Waals surface area contributed by atoms with Crippen molar-refractivity contribution >= 4 is 11.5 Å². The van der Waals surface area contributed by atoms with Gasteiger partial charge in [-0.15, -0.1) is 13.2 Å². The number of urea groups is 1. The Balaban J connectivity index is 1.59. The molecule has 0 saturated heterocycles. The molecule has 216 valence electrons. The highest BCUT2D eigenvalue weighted by Gasteiger charge is 2.33. The maximum atomic E-state index is 13.2. The van der Waals surface area contributed by atoms with Gasteiger partial charge in [0.25, 0.3) is 0 Å². The second-order valence-electron chi connectivity index (χ2n) is 10.1. The highest BCUT2D eigenvalue weighted by molar-refractivity contribution is 5.75. The third-order valence-electron chi connectivity index (χ3n) is 7.07. The Kier molecular flexibility index (Phi) is 9.21. The molecule has 1 aliphatic rings. The fraction of sp³-hybridized carbons (Fsp3) is 0.483. The molecule has 1 fully saturated rings. The molecule has 8 nitrogen and oxygen atoms in total. The molecular formula is C29H37F3N6O2. The SMILES string of the molecule is C=CCCOc1cc(-n2nc(C(C)N(CC)C(=O)NC(CC=C)CCC(F)(F)F)cc2C2CC2)cc2ccnn12. The summed E-state index contributed by atoms with van der Waals surface area (Å²) in [6, 6.07) is 6.33. The number of rotatable bonds is 14. The number of fused-ring (bicyclic) bond motifs is 1. The van der Waals surface area contributed by atoms with Crippen molar-refractivity contribution in [1.29, 1.82) is 0 Å². The maximum absolute atomic E-state index is 13.2. The molecular weight excluding hydrogens is 521 g/mol. The molecule has 0 aliphatic heterocycles. The summed E-state index contributed by atoms with van der Waals surface area (Å²) in [6.07, 6.45) is 2.62. The number of amides is 2. The maximum Gasteiger partial charge on any atom is 0.389 e. The van der Waals surface area contributed by atoms with Crippen molar-refractivity contribution in [3.8, 4) is 11.6 Å². The molecule has 1 N–H and O–H groups in total. The second-order valence-corrected chi connectivity index (χ2v) is 10.1. The lowest BCUT2D eigenvalue weighted by Crippen LogP contribution is -2.46. The van der Waals surface area contributed by atoms with Crippen LogP contribution in [0.25, 0.3) is 11.2 Å². The molecule has 3 heterocycles. The van der Waals surface area contributed by atoms with Crippen molar-refractivity contribution in [2.24, 2.45) is 0 Å². The number of nitrogens with zero attached hydrogens (tertiary/aromatic N) is 5. The van der Waals surface area contributed by atoms with Crippen LogP contribution in [-0.4, -0.2) is 55.7 Å². The Hall–Kier alpha value is -3.76. The first kappa shape index (κ1) is 29.2. The van der Waals surface area contributed by atoms with Gasteiger partial charge in [0, 0.05) is 36.7 Å². The summed E-state index contributed by atoms with van der Waals surface area (Å²) >= 11 is 0. The van der Waals surface area contributed by atoms with Gasteiger partial charge in [0.1, 0.15) is 0 Å². The normalized spacial score (nSPS) is 15.0. The Morgan fingerprint density at radius 1 is 1.27 bits per heavy atom. The fourth-order valence-corrected chi connectivity index (χ4v) is 4.75. The number of carbonyl (C=O) groups is 1. The van der Waals surface area contributed by atoms with Crippen LogP contribution in [0.15, 0.2) is 55.8 Å². The van der Waals surface area contributed by atoms with Gasteiger partial charge in [0.2, 0.25) is 5.88 Å². The van der Waals surface area contributed by atoms with E-state index in [0.717, 1.165) is 29.7 Å². The number of ether oxygens (including phenoxy) is 1. The predicted molar refractivity (Wildman–Crippen MR) is 148 cm³/mol. The molecule has 3 aromatic heterocycles. The van der Waals surface area contributed by atoms with Crippen LogP contribution < -0.4 is 10.1 Å². The van der Waals surface area contributed by atoms with Crippen molar-refractivity contribution in [2.45, 2.75) is 76.6 Å². The van der Waals surface area contributed by atoms with Gasteiger partial charge in [-0.25, -0.2) is 14.0 Å². The molecule has 0 radical (unpaired) electrons. The zero-order valence-electron chi connectivity index (χ0n) is 23.0. The Bertz CT molecular complexity index is 1330. The zero-order chi connectivity index (χ0) is 28.9. The van der Waals surface area contributed by atoms with Crippen LogP contribution >= 0.6 is 0 Å². The number of alkyl halides is 3. The summed E-state index contributed by atoms with van der Waals surface area (Å²) in [7, 11) is 0. The largest absolute Gasteiger partial charge is 0.477 e. The van der Waals surface area contributed by atoms with Gasteiger partial charge >= 0.3 is 12.2 Å². The number of hydrogen-bond donors (Lipinski definition) is 1. The van der Waals surface area contributed by atoms with Gasteiger partial charge in [-0.3, -0.25) is 0 Å². The first-order valence-electron chi connectivity index (χ1n) is 13.7. The number of carbonyl (C=O) groups excluding carboxylic acids is 1. The van der Waals surface area contributed by atoms with E-state index in [1.165, 1.54) is 6.08 Å². The Morgan fingerprint density at radius 3 is 2.70 bits per heavy atom. The molecule has 40 heavy (non-hydrogen) atoms. The van der Waals surface area contributed by atoms with Crippen molar-refractivity contribution in [3.63, 3.8) is 0 Å². The van der Waals surface area contributed by atoms with Gasteiger partial charge in [-0.1, -0.05) is 12.2 Å². The number of halogens is 3. The van der Waals surface area contributed by atoms with Gasteiger partial charge in [0.05, 0.1) is 35.7 Å². The standard InChI is InChI=1S/C29H37F3N6O2/c1-5-8-16-40-27-18-24(17-23-13-15-33-38(23)27)37-26(21-10-11-21)19-25(35-37)20(4)36(7-3)28(39)34-22(9-6-2)12-14-29(30,31)32/h5-6,13,15,17-22H,1-2,7-12,14,16H2,3-4H3,(H,34,39). The van der Waals surface area contributed by atoms with Gasteiger partial charge in [-0.2, -0.15) is 23.4 Å². The van der Waals surface area contributed by atoms with Crippen molar-refractivity contribution in [2.75, 3.05) is 13.2 Å². The highest BCUT2D eigenvalue weighted by atomic mass is 19.4. The zero-order valence-corrected chi connectivity index (χ0v) is 23.0. The monoisotopic (exact) mass is 558 g/mol. The van der Waals surface area contributed by atoms with Crippen LogP contribution in [0.4, 0.5) is 18.0 Å². The third-order valence-corrected chi connectivity index (χ3v) is 7.07. The minimum Gasteiger partial charge on any atom is -0.477 e. The van der Waals surface area contributed by atoms with E-state index in [2.05, 4.69) is 23.6 Å². The molecule has 3 aromatic rings. The van der Waals surface area contributed by atoms with E-state index in [1.54, 1.807) is 21.7 Å². The van der Waals surface area contributed by atoms with Crippen LogP contribution in [-0.2, 0) is 0 Å². The minimum atomic E-state index is -4.29. The van der Waals surface area contributed by atoms with Crippen molar-refractivity contribution < 1.29 is 22.7 Å². The van der Waals surface area contributed by atoms with Crippen LogP contribution in [0, 0.1) is 0 Å². The van der Waals surface area contributed by atoms with Crippen LogP contribution in [0.2, 0.25) is 0 Å². The number of nitrogens with one attached hydrogen (secondary N) is 1. The van der Waals surface area contributed by atoms with E-state index < -0.39 is 30.7 Å². The first-order chi connectivity index (χ1) is 19.1. The van der Waals surface area contributed by atoms with Gasteiger partial charge < -0.3 is 15.0 Å². The molecule has 1 saturated carbocycles. The van der Waals surface area contributed by atoms with E-state index in [-0.39, 0.29) is 12.8 Å². The molecule has 2 unspecified atom stereocenters. The molecule has 0 spiro atoms. The fourth-order valence-electron chi connectivity index (χ4n) is 4.75. The highest BCUT2D eigenvalue weighted by Crippen LogP contribution is 2.42. The lowest BCUT2D eigenvalue weighted by molar-refractivity contribution is -0.136. The van der Waals surface area contributed by atoms with Crippen LogP contribution in [0.5, 0.6) is 5.88 Å². The lowest BCUT2D eigenvalue weighted by Gasteiger charge is -2.29. The molecule has 11 heteroatoms. The van der Waals surface area contributed by atoms with Crippen LogP contribution in [0.3, 0.4) is 0 Å². The molecule has 4 rings (SSSR count). The first-order valence-corrected chi connectivity index (χ1v) is 13.7. The number of hydrogen-bond acceptors (Lipinski definition) is 4. The van der Waals surface area contributed by atoms with E-state index in [1.807, 2.05) is 42.8 Å². The summed E-state index contributed by atoms with van der Waals surface area (Å²) in [6.45, 7) is 11.9. The van der Waals surface area contributed by atoms with E-state index in [0.29, 0.717) is 37.1 Å². The van der Waals surface area contributed by atoms with Crippen molar-refractivity contribution in [3.05, 3.63) is 67.2 Å². The molecule has 2 atom stereocenters. The number of pyridine rings is 1. The van der Waals surface area contributed by atoms with E-state index in [4.69, 9.17) is 9.84 Å². The minimum absolute atomic E-state index is 0.206. The van der Waals surface area contributed by atoms with Crippen molar-refractivity contribution in [1.82, 2.24) is 29.6 Å². The van der Waals surface area contributed by atoms with E-state index in [9.17, 15) is 18.0 Å². The molecule has 2 amide bonds. The molecule has 1 aliphatic carbocycles. The smallest absolute Gasteiger partial charge is 0.389 e. The molecule has 0 bridgehead atoms. The summed E-state index contributed by atoms with van der Waals surface area (Å²) in [5.41, 5.74) is 3.44. The predicted octanol–water partition coefficient (Wildman–Crippen LogP) is 6.73. The van der Waals surface area contributed by atoms with Crippen LogP contribution in [0.1, 0.15) is 75.7 Å². The Labute approximate surface area is 232 Å². The summed E-state index contributed by atoms with van der Waals surface area (Å²) in [5, 5.41) is 12.1. The average Bonchev–Trinajstić information content (AvgIpc) is 3.46. The Morgan fingerprint density at radius 2 is 2.05 bits per heavy atom.